The van der Waals surface area contributed by atoms with Crippen LogP contribution in [0.25, 0.3) is 0 Å². The molecule has 2 atom stereocenters. The van der Waals surface area contributed by atoms with Crippen molar-refractivity contribution in [3.8, 4) is 6.07 Å². The fraction of sp³-hybridized carbons (Fsp3) is 0.391. The Labute approximate surface area is 182 Å². The molecule has 2 aliphatic rings. The zero-order valence-electron chi connectivity index (χ0n) is 17.1. The van der Waals surface area contributed by atoms with Gasteiger partial charge in [0.2, 0.25) is 0 Å². The molecule has 2 aromatic rings. The number of nitrogens with zero attached hydrogens (tertiary/aromatic N) is 3. The number of halogens is 4. The van der Waals surface area contributed by atoms with Gasteiger partial charge in [-0.2, -0.15) is 18.4 Å². The van der Waals surface area contributed by atoms with Gasteiger partial charge in [0.1, 0.15) is 5.82 Å². The second-order valence-corrected chi connectivity index (χ2v) is 8.46. The molecule has 0 aromatic heterocycles. The molecule has 32 heavy (non-hydrogen) atoms. The highest BCUT2D eigenvalue weighted by atomic mass is 19.4. The predicted molar refractivity (Wildman–Crippen MR) is 108 cm³/mol. The number of amides is 1. The highest BCUT2D eigenvalue weighted by Crippen LogP contribution is 2.44. The van der Waals surface area contributed by atoms with Crippen molar-refractivity contribution in [2.24, 2.45) is 11.3 Å². The van der Waals surface area contributed by atoms with E-state index in [9.17, 15) is 27.5 Å². The number of rotatable bonds is 3. The maximum absolute atomic E-state index is 13.5. The Morgan fingerprint density at radius 2 is 2.00 bits per heavy atom. The molecule has 0 spiro atoms. The molecule has 0 bridgehead atoms. The second kappa shape index (κ2) is 8.10. The van der Waals surface area contributed by atoms with Gasteiger partial charge in [0.05, 0.1) is 23.8 Å². The van der Waals surface area contributed by atoms with E-state index in [1.807, 2.05) is 0 Å². The molecule has 0 unspecified atom stereocenters. The van der Waals surface area contributed by atoms with Crippen LogP contribution in [0.4, 0.5) is 23.2 Å². The van der Waals surface area contributed by atoms with E-state index in [1.165, 1.54) is 24.3 Å². The van der Waals surface area contributed by atoms with Crippen LogP contribution in [-0.4, -0.2) is 48.7 Å². The van der Waals surface area contributed by atoms with Crippen molar-refractivity contribution >= 4 is 11.6 Å². The Morgan fingerprint density at radius 1 is 1.22 bits per heavy atom. The van der Waals surface area contributed by atoms with E-state index in [1.54, 1.807) is 15.9 Å². The van der Waals surface area contributed by atoms with Crippen LogP contribution < -0.4 is 4.90 Å². The van der Waals surface area contributed by atoms with Crippen LogP contribution in [0.5, 0.6) is 0 Å². The molecule has 5 nitrogen and oxygen atoms in total. The third-order valence-corrected chi connectivity index (χ3v) is 6.53. The number of nitriles is 1. The zero-order chi connectivity index (χ0) is 23.1. The Morgan fingerprint density at radius 3 is 2.66 bits per heavy atom. The van der Waals surface area contributed by atoms with E-state index in [0.717, 1.165) is 18.2 Å². The highest BCUT2D eigenvalue weighted by Gasteiger charge is 2.50. The molecule has 0 saturated carbocycles. The number of hydrogen-bond donors (Lipinski definition) is 1. The number of piperidine rings is 1. The normalized spacial score (nSPS) is 23.1. The first-order valence-electron chi connectivity index (χ1n) is 10.2. The van der Waals surface area contributed by atoms with Crippen molar-refractivity contribution in [3.63, 3.8) is 0 Å². The van der Waals surface area contributed by atoms with Gasteiger partial charge in [0, 0.05) is 42.8 Å². The Kier molecular flexibility index (Phi) is 5.59. The molecular formula is C23H21F4N3O2. The smallest absolute Gasteiger partial charge is 0.396 e. The van der Waals surface area contributed by atoms with Crippen LogP contribution in [0.3, 0.4) is 0 Å². The zero-order valence-corrected chi connectivity index (χ0v) is 17.1. The molecule has 2 aromatic carbocycles. The van der Waals surface area contributed by atoms with Crippen LogP contribution in [0.15, 0.2) is 42.5 Å². The number of aliphatic hydroxyl groups is 1. The van der Waals surface area contributed by atoms with Crippen molar-refractivity contribution in [2.45, 2.75) is 12.6 Å². The minimum Gasteiger partial charge on any atom is -0.396 e. The van der Waals surface area contributed by atoms with E-state index >= 15 is 0 Å². The van der Waals surface area contributed by atoms with Gasteiger partial charge in [-0.05, 0) is 48.7 Å². The maximum atomic E-state index is 13.5. The summed E-state index contributed by atoms with van der Waals surface area (Å²) in [6, 6.07) is 10.6. The van der Waals surface area contributed by atoms with Crippen LogP contribution in [-0.2, 0) is 6.18 Å². The summed E-state index contributed by atoms with van der Waals surface area (Å²) in [5.74, 6) is -0.878. The molecule has 0 radical (unpaired) electrons. The molecular weight excluding hydrogens is 426 g/mol. The fourth-order valence-corrected chi connectivity index (χ4v) is 4.85. The first kappa shape index (κ1) is 22.1. The van der Waals surface area contributed by atoms with Crippen LogP contribution in [0, 0.1) is 28.5 Å². The number of carbonyl (C=O) groups excluding carboxylic acids is 1. The lowest BCUT2D eigenvalue weighted by Gasteiger charge is -2.43. The second-order valence-electron chi connectivity index (χ2n) is 8.46. The van der Waals surface area contributed by atoms with E-state index < -0.39 is 28.5 Å². The molecule has 168 valence electrons. The fourth-order valence-electron chi connectivity index (χ4n) is 4.85. The molecule has 2 heterocycles. The van der Waals surface area contributed by atoms with Crippen molar-refractivity contribution in [1.29, 1.82) is 5.26 Å². The van der Waals surface area contributed by atoms with E-state index in [0.29, 0.717) is 25.2 Å². The monoisotopic (exact) mass is 447 g/mol. The summed E-state index contributed by atoms with van der Waals surface area (Å²) in [6.45, 7) is 1.11. The number of fused-ring (bicyclic) bond motifs is 1. The molecule has 1 amide bonds. The summed E-state index contributed by atoms with van der Waals surface area (Å²) < 4.78 is 53.7. The van der Waals surface area contributed by atoms with E-state index in [2.05, 4.69) is 0 Å². The molecule has 4 rings (SSSR count). The number of aliphatic hydroxyl groups excluding tert-OH is 1. The van der Waals surface area contributed by atoms with Gasteiger partial charge in [0.25, 0.3) is 5.91 Å². The topological polar surface area (TPSA) is 67.6 Å². The summed E-state index contributed by atoms with van der Waals surface area (Å²) in [7, 11) is 0. The molecule has 2 fully saturated rings. The maximum Gasteiger partial charge on any atom is 0.417 e. The quantitative estimate of drug-likeness (QED) is 0.729. The first-order chi connectivity index (χ1) is 15.2. The minimum atomic E-state index is -4.66. The number of hydrogen-bond acceptors (Lipinski definition) is 4. The summed E-state index contributed by atoms with van der Waals surface area (Å²) >= 11 is 0. The summed E-state index contributed by atoms with van der Waals surface area (Å²) in [4.78, 5) is 16.2. The third-order valence-electron chi connectivity index (χ3n) is 6.53. The van der Waals surface area contributed by atoms with E-state index in [-0.39, 0.29) is 37.1 Å². The van der Waals surface area contributed by atoms with Crippen molar-refractivity contribution in [1.82, 2.24) is 4.90 Å². The number of anilines is 1. The molecule has 1 N–H and O–H groups in total. The molecule has 9 heteroatoms. The number of carbonyl (C=O) groups is 1. The summed E-state index contributed by atoms with van der Waals surface area (Å²) in [5.41, 5.74) is -1.60. The van der Waals surface area contributed by atoms with Gasteiger partial charge in [-0.15, -0.1) is 0 Å². The van der Waals surface area contributed by atoms with Gasteiger partial charge in [-0.1, -0.05) is 6.07 Å². The molecule has 2 aliphatic heterocycles. The largest absolute Gasteiger partial charge is 0.417 e. The lowest BCUT2D eigenvalue weighted by atomic mass is 9.74. The SMILES string of the molecule is N#Cc1ccc(N2C[C@@H]3CCN(C(=O)c4cccc(F)c4)C[C@]3(CO)C2)cc1C(F)(F)F. The predicted octanol–water partition coefficient (Wildman–Crippen LogP) is 3.68. The van der Waals surface area contributed by atoms with Crippen LogP contribution in [0.1, 0.15) is 27.9 Å². The lowest BCUT2D eigenvalue weighted by Crippen LogP contribution is -2.52. The number of likely N-dealkylation sites (tertiary alicyclic amines) is 1. The summed E-state index contributed by atoms with van der Waals surface area (Å²) in [5, 5.41) is 19.3. The van der Waals surface area contributed by atoms with Crippen molar-refractivity contribution < 1.29 is 27.5 Å². The van der Waals surface area contributed by atoms with Gasteiger partial charge in [-0.3, -0.25) is 4.79 Å². The number of alkyl halides is 3. The Bertz CT molecular complexity index is 1080. The average molecular weight is 447 g/mol. The van der Waals surface area contributed by atoms with Gasteiger partial charge >= 0.3 is 6.18 Å². The van der Waals surface area contributed by atoms with Crippen LogP contribution >= 0.6 is 0 Å². The molecule has 0 aliphatic carbocycles. The minimum absolute atomic E-state index is 0.0194. The van der Waals surface area contributed by atoms with Gasteiger partial charge in [-0.25, -0.2) is 4.39 Å². The Balaban J connectivity index is 1.58. The van der Waals surface area contributed by atoms with E-state index in [4.69, 9.17) is 5.26 Å². The standard InChI is InChI=1S/C23H21F4N3O2/c24-18-3-1-2-15(8-18)21(32)29-7-6-17-11-30(13-22(17,12-29)14-31)19-5-4-16(10-28)20(9-19)23(25,26)27/h1-5,8-9,17,31H,6-7,11-14H2/t17-,22+/m0/s1. The average Bonchev–Trinajstić information content (AvgIpc) is 3.17. The number of benzene rings is 2. The molecule has 2 saturated heterocycles. The van der Waals surface area contributed by atoms with Gasteiger partial charge in [0.15, 0.2) is 0 Å². The first-order valence-corrected chi connectivity index (χ1v) is 10.2. The highest BCUT2D eigenvalue weighted by molar-refractivity contribution is 5.94. The Hall–Kier alpha value is -3.12. The van der Waals surface area contributed by atoms with Crippen molar-refractivity contribution in [3.05, 3.63) is 65.0 Å². The lowest BCUT2D eigenvalue weighted by molar-refractivity contribution is -0.137. The van der Waals surface area contributed by atoms with Crippen molar-refractivity contribution in [2.75, 3.05) is 37.7 Å². The third kappa shape index (κ3) is 3.91. The van der Waals surface area contributed by atoms with Gasteiger partial charge < -0.3 is 14.9 Å². The summed E-state index contributed by atoms with van der Waals surface area (Å²) in [6.07, 6.45) is -4.09. The van der Waals surface area contributed by atoms with Crippen LogP contribution in [0.2, 0.25) is 0 Å².